The molecule has 0 aliphatic heterocycles. The normalized spacial score (nSPS) is 10.9. The summed E-state index contributed by atoms with van der Waals surface area (Å²) in [7, 11) is 0. The third kappa shape index (κ3) is 10.1. The summed E-state index contributed by atoms with van der Waals surface area (Å²) < 4.78 is 0. The summed E-state index contributed by atoms with van der Waals surface area (Å²) in [5, 5.41) is 0. The second-order valence-electron chi connectivity index (χ2n) is 18.6. The molecule has 0 aliphatic carbocycles. The van der Waals surface area contributed by atoms with Crippen LogP contribution in [0.2, 0.25) is 0 Å². The zero-order valence-electron chi connectivity index (χ0n) is 41.4. The minimum atomic E-state index is 1.04. The van der Waals surface area contributed by atoms with Crippen LogP contribution in [0.1, 0.15) is 0 Å². The molecule has 3 nitrogen and oxygen atoms in total. The zero-order valence-corrected chi connectivity index (χ0v) is 41.4. The van der Waals surface area contributed by atoms with Crippen molar-refractivity contribution in [3.63, 3.8) is 0 Å². The highest BCUT2D eigenvalue weighted by Gasteiger charge is 2.19. The van der Waals surface area contributed by atoms with Crippen LogP contribution in [-0.2, 0) is 0 Å². The lowest BCUT2D eigenvalue weighted by molar-refractivity contribution is 1.24. The van der Waals surface area contributed by atoms with E-state index in [1.807, 2.05) is 0 Å². The van der Waals surface area contributed by atoms with Gasteiger partial charge in [0.2, 0.25) is 0 Å². The van der Waals surface area contributed by atoms with Gasteiger partial charge >= 0.3 is 0 Å². The molecule has 0 saturated heterocycles. The Morgan fingerprint density at radius 1 is 0.107 bits per heavy atom. The third-order valence-corrected chi connectivity index (χ3v) is 13.9. The van der Waals surface area contributed by atoms with Crippen molar-refractivity contribution < 1.29 is 0 Å². The molecule has 0 N–H and O–H groups in total. The number of rotatable bonds is 14. The van der Waals surface area contributed by atoms with Gasteiger partial charge in [0, 0.05) is 51.2 Å². The Kier molecular flexibility index (Phi) is 13.2. The van der Waals surface area contributed by atoms with Crippen molar-refractivity contribution in [1.82, 2.24) is 0 Å². The van der Waals surface area contributed by atoms with Crippen LogP contribution in [0.25, 0.3) is 55.6 Å². The van der Waals surface area contributed by atoms with Gasteiger partial charge < -0.3 is 14.7 Å². The summed E-state index contributed by atoms with van der Waals surface area (Å²) in [5.74, 6) is 0. The number of anilines is 9. The molecule has 12 aromatic carbocycles. The Balaban J connectivity index is 0.922. The number of hydrogen-bond donors (Lipinski definition) is 0. The average molecular weight is 960 g/mol. The quantitative estimate of drug-likeness (QED) is 0.108. The molecular weight excluding hydrogens is 907 g/mol. The SMILES string of the molecule is c1ccc(-c2ccc(N(c3ccc(-c4ccccc4)cc3)c3ccc(N(c4ccc(-c5ccccc5)cc4)c4ccc(N(c5ccc(-c6ccccc6)cc5)c5ccc(-c6ccccc6)cc5)cc4)cc3)cc2)cc1. The molecule has 12 aromatic rings. The predicted molar refractivity (Wildman–Crippen MR) is 318 cm³/mol. The molecule has 0 heterocycles. The van der Waals surface area contributed by atoms with Crippen LogP contribution < -0.4 is 14.7 Å². The van der Waals surface area contributed by atoms with Gasteiger partial charge in [-0.25, -0.2) is 0 Å². The fourth-order valence-electron chi connectivity index (χ4n) is 10.0. The Labute approximate surface area is 440 Å². The van der Waals surface area contributed by atoms with E-state index in [0.29, 0.717) is 0 Å². The van der Waals surface area contributed by atoms with E-state index >= 15 is 0 Å². The van der Waals surface area contributed by atoms with Gasteiger partial charge in [-0.2, -0.15) is 0 Å². The average Bonchev–Trinajstić information content (AvgIpc) is 3.50. The van der Waals surface area contributed by atoms with Gasteiger partial charge in [0.05, 0.1) is 0 Å². The van der Waals surface area contributed by atoms with Gasteiger partial charge in [-0.1, -0.05) is 212 Å². The topological polar surface area (TPSA) is 9.72 Å². The molecule has 0 spiro atoms. The second kappa shape index (κ2) is 21.4. The lowest BCUT2D eigenvalue weighted by atomic mass is 10.0. The Bertz CT molecular complexity index is 3340. The summed E-state index contributed by atoms with van der Waals surface area (Å²) in [4.78, 5) is 7.03. The summed E-state index contributed by atoms with van der Waals surface area (Å²) in [5.41, 5.74) is 21.4. The van der Waals surface area contributed by atoms with Crippen molar-refractivity contribution in [2.45, 2.75) is 0 Å². The van der Waals surface area contributed by atoms with Crippen LogP contribution in [0.4, 0.5) is 51.2 Å². The van der Waals surface area contributed by atoms with Crippen LogP contribution in [-0.4, -0.2) is 0 Å². The van der Waals surface area contributed by atoms with Crippen LogP contribution >= 0.6 is 0 Å². The predicted octanol–water partition coefficient (Wildman–Crippen LogP) is 20.4. The molecule has 0 radical (unpaired) electrons. The van der Waals surface area contributed by atoms with Crippen LogP contribution in [0.15, 0.2) is 322 Å². The number of benzene rings is 12. The maximum Gasteiger partial charge on any atom is 0.0463 e. The highest BCUT2D eigenvalue weighted by atomic mass is 15.2. The first kappa shape index (κ1) is 46.1. The number of hydrogen-bond acceptors (Lipinski definition) is 3. The van der Waals surface area contributed by atoms with Gasteiger partial charge in [-0.3, -0.25) is 0 Å². The van der Waals surface area contributed by atoms with Gasteiger partial charge in [-0.15, -0.1) is 0 Å². The summed E-state index contributed by atoms with van der Waals surface area (Å²) in [6.07, 6.45) is 0. The molecule has 0 atom stereocenters. The van der Waals surface area contributed by atoms with E-state index in [1.54, 1.807) is 0 Å². The van der Waals surface area contributed by atoms with Crippen molar-refractivity contribution >= 4 is 51.2 Å². The molecular formula is C72H53N3. The molecule has 0 fully saturated rings. The summed E-state index contributed by atoms with van der Waals surface area (Å²) in [6.45, 7) is 0. The van der Waals surface area contributed by atoms with Crippen LogP contribution in [0, 0.1) is 0 Å². The van der Waals surface area contributed by atoms with E-state index < -0.39 is 0 Å². The van der Waals surface area contributed by atoms with Crippen LogP contribution in [0.5, 0.6) is 0 Å². The molecule has 0 aliphatic rings. The first-order chi connectivity index (χ1) is 37.2. The van der Waals surface area contributed by atoms with Crippen LogP contribution in [0.3, 0.4) is 0 Å². The third-order valence-electron chi connectivity index (χ3n) is 13.9. The van der Waals surface area contributed by atoms with Crippen molar-refractivity contribution in [3.8, 4) is 55.6 Å². The van der Waals surface area contributed by atoms with E-state index in [2.05, 4.69) is 336 Å². The summed E-state index contributed by atoms with van der Waals surface area (Å²) in [6, 6.07) is 115. The van der Waals surface area contributed by atoms with E-state index in [-0.39, 0.29) is 0 Å². The van der Waals surface area contributed by atoms with E-state index in [4.69, 9.17) is 0 Å². The smallest absolute Gasteiger partial charge is 0.0463 e. The first-order valence-electron chi connectivity index (χ1n) is 25.6. The molecule has 75 heavy (non-hydrogen) atoms. The molecule has 0 bridgehead atoms. The maximum absolute atomic E-state index is 2.35. The van der Waals surface area contributed by atoms with E-state index in [1.165, 1.54) is 55.6 Å². The van der Waals surface area contributed by atoms with Crippen molar-refractivity contribution in [2.75, 3.05) is 14.7 Å². The molecule has 356 valence electrons. The minimum absolute atomic E-state index is 1.04. The second-order valence-corrected chi connectivity index (χ2v) is 18.6. The van der Waals surface area contributed by atoms with Gasteiger partial charge in [0.15, 0.2) is 0 Å². The van der Waals surface area contributed by atoms with Crippen molar-refractivity contribution in [2.24, 2.45) is 0 Å². The largest absolute Gasteiger partial charge is 0.311 e. The number of nitrogens with zero attached hydrogens (tertiary/aromatic N) is 3. The monoisotopic (exact) mass is 959 g/mol. The van der Waals surface area contributed by atoms with Crippen molar-refractivity contribution in [3.05, 3.63) is 322 Å². The Morgan fingerprint density at radius 3 is 0.347 bits per heavy atom. The zero-order chi connectivity index (χ0) is 50.2. The van der Waals surface area contributed by atoms with E-state index in [0.717, 1.165) is 51.2 Å². The Morgan fingerprint density at radius 2 is 0.213 bits per heavy atom. The molecule has 0 unspecified atom stereocenters. The first-order valence-corrected chi connectivity index (χ1v) is 25.6. The maximum atomic E-state index is 2.35. The fourth-order valence-corrected chi connectivity index (χ4v) is 10.0. The van der Waals surface area contributed by atoms with E-state index in [9.17, 15) is 0 Å². The van der Waals surface area contributed by atoms with Crippen molar-refractivity contribution in [1.29, 1.82) is 0 Å². The standard InChI is InChI=1S/C72H53N3/c1-6-16-54(17-7-1)59-26-36-64(37-27-59)73(65-38-28-60(29-39-65)55-18-8-2-9-19-55)69-46-50-71(51-47-69)75(68-44-34-63(35-45-68)58-24-14-5-15-25-58)72-52-48-70(49-53-72)74(66-40-30-61(31-41-66)56-20-10-3-11-21-56)67-42-32-62(33-43-67)57-22-12-4-13-23-57/h1-53H. The van der Waals surface area contributed by atoms with Gasteiger partial charge in [0.25, 0.3) is 0 Å². The lowest BCUT2D eigenvalue weighted by Gasteiger charge is -2.30. The summed E-state index contributed by atoms with van der Waals surface area (Å²) >= 11 is 0. The minimum Gasteiger partial charge on any atom is -0.311 e. The molecule has 0 saturated carbocycles. The molecule has 12 rings (SSSR count). The Hall–Kier alpha value is -9.96. The molecule has 0 aromatic heterocycles. The molecule has 3 heteroatoms. The molecule has 0 amide bonds. The highest BCUT2D eigenvalue weighted by Crippen LogP contribution is 2.43. The lowest BCUT2D eigenvalue weighted by Crippen LogP contribution is -2.13. The van der Waals surface area contributed by atoms with Gasteiger partial charge in [-0.05, 0) is 165 Å². The fraction of sp³-hybridized carbons (Fsp3) is 0. The highest BCUT2D eigenvalue weighted by molar-refractivity contribution is 5.86. The van der Waals surface area contributed by atoms with Gasteiger partial charge in [0.1, 0.15) is 0 Å².